The lowest BCUT2D eigenvalue weighted by atomic mass is 10.1. The minimum atomic E-state index is -4.55. The molecule has 0 bridgehead atoms. The van der Waals surface area contributed by atoms with E-state index in [9.17, 15) is 22.8 Å². The van der Waals surface area contributed by atoms with Crippen LogP contribution in [0.1, 0.15) is 15.9 Å². The molecule has 1 heterocycles. The quantitative estimate of drug-likeness (QED) is 0.465. The molecular weight excluding hydrogens is 383 g/mol. The molecule has 25 heavy (non-hydrogen) atoms. The molecule has 1 aliphatic heterocycles. The van der Waals surface area contributed by atoms with E-state index < -0.39 is 27.9 Å². The molecule has 6 nitrogen and oxygen atoms in total. The van der Waals surface area contributed by atoms with Gasteiger partial charge in [0, 0.05) is 18.8 Å². The molecule has 0 spiro atoms. The highest BCUT2D eigenvalue weighted by Gasteiger charge is 2.44. The Morgan fingerprint density at radius 2 is 2.08 bits per heavy atom. The van der Waals surface area contributed by atoms with Crippen LogP contribution in [-0.2, 0) is 15.8 Å². The molecular formula is C14H13ClF3N3O3S. The highest BCUT2D eigenvalue weighted by atomic mass is 35.5. The Labute approximate surface area is 150 Å². The number of nitrogens with zero attached hydrogens (tertiary/aromatic N) is 1. The number of amides is 2. The van der Waals surface area contributed by atoms with Crippen LogP contribution in [0.25, 0.3) is 0 Å². The van der Waals surface area contributed by atoms with Crippen LogP contribution in [0.2, 0.25) is 0 Å². The Balaban J connectivity index is 2.07. The Kier molecular flexibility index (Phi) is 5.55. The first-order valence-electron chi connectivity index (χ1n) is 6.73. The molecule has 1 aromatic rings. The number of halogens is 4. The van der Waals surface area contributed by atoms with Crippen LogP contribution in [0.4, 0.5) is 13.2 Å². The molecule has 11 heteroatoms. The molecule has 0 aliphatic carbocycles. The fraction of sp³-hybridized carbons (Fsp3) is 0.286. The smallest absolute Gasteiger partial charge is 0.354 e. The zero-order valence-corrected chi connectivity index (χ0v) is 14.6. The number of hydroxylamine groups is 2. The molecule has 0 radical (unpaired) electrons. The molecule has 1 atom stereocenters. The van der Waals surface area contributed by atoms with E-state index in [1.807, 2.05) is 0 Å². The Hall–Kier alpha value is -1.91. The van der Waals surface area contributed by atoms with Crippen molar-refractivity contribution in [2.75, 3.05) is 14.2 Å². The Morgan fingerprint density at radius 3 is 2.68 bits per heavy atom. The standard InChI is InChI=1S/C14H13ClF3N3O3S/c1-21(24-2)12(23)13(15)19-7-10(25-13)20-11(22)8-4-3-5-9(6-8)14(16,17)18/h3-7,19H,1-2H3,(H,20,22). The van der Waals surface area contributed by atoms with Gasteiger partial charge in [-0.25, -0.2) is 5.06 Å². The molecule has 0 saturated carbocycles. The van der Waals surface area contributed by atoms with Crippen LogP contribution in [0.3, 0.4) is 0 Å². The van der Waals surface area contributed by atoms with Crippen LogP contribution in [0, 0.1) is 0 Å². The van der Waals surface area contributed by atoms with Crippen molar-refractivity contribution in [1.82, 2.24) is 15.7 Å². The summed E-state index contributed by atoms with van der Waals surface area (Å²) < 4.78 is 36.5. The maximum Gasteiger partial charge on any atom is 0.416 e. The SMILES string of the molecule is CON(C)C(=O)C1(Cl)NC=C(NC(=O)c2cccc(C(F)(F)F)c2)S1. The van der Waals surface area contributed by atoms with E-state index in [-0.39, 0.29) is 10.6 Å². The van der Waals surface area contributed by atoms with Gasteiger partial charge in [0.15, 0.2) is 0 Å². The zero-order chi connectivity index (χ0) is 18.8. The lowest BCUT2D eigenvalue weighted by Gasteiger charge is -2.24. The zero-order valence-electron chi connectivity index (χ0n) is 13.0. The van der Waals surface area contributed by atoms with Crippen molar-refractivity contribution in [3.8, 4) is 0 Å². The number of likely N-dealkylation sites (N-methyl/N-ethyl adjacent to an activating group) is 1. The molecule has 2 amide bonds. The molecule has 1 aliphatic rings. The first-order valence-corrected chi connectivity index (χ1v) is 7.93. The number of alkyl halides is 4. The third-order valence-electron chi connectivity index (χ3n) is 3.16. The predicted octanol–water partition coefficient (Wildman–Crippen LogP) is 2.48. The fourth-order valence-corrected chi connectivity index (χ4v) is 3.16. The van der Waals surface area contributed by atoms with Crippen molar-refractivity contribution in [2.24, 2.45) is 0 Å². The van der Waals surface area contributed by atoms with E-state index in [0.717, 1.165) is 35.0 Å². The van der Waals surface area contributed by atoms with Crippen LogP contribution >= 0.6 is 23.4 Å². The summed E-state index contributed by atoms with van der Waals surface area (Å²) in [7, 11) is 2.63. The Morgan fingerprint density at radius 1 is 1.40 bits per heavy atom. The second kappa shape index (κ2) is 7.14. The van der Waals surface area contributed by atoms with E-state index >= 15 is 0 Å². The van der Waals surface area contributed by atoms with Gasteiger partial charge in [0.25, 0.3) is 11.8 Å². The molecule has 0 saturated heterocycles. The normalized spacial score (nSPS) is 19.8. The average molecular weight is 396 g/mol. The van der Waals surface area contributed by atoms with Gasteiger partial charge in [-0.05, 0) is 18.2 Å². The van der Waals surface area contributed by atoms with Crippen LogP contribution < -0.4 is 10.6 Å². The van der Waals surface area contributed by atoms with E-state index in [0.29, 0.717) is 0 Å². The van der Waals surface area contributed by atoms with Gasteiger partial charge in [-0.3, -0.25) is 14.4 Å². The molecule has 136 valence electrons. The summed E-state index contributed by atoms with van der Waals surface area (Å²) in [6.07, 6.45) is -3.27. The van der Waals surface area contributed by atoms with Crippen LogP contribution in [-0.4, -0.2) is 35.4 Å². The summed E-state index contributed by atoms with van der Waals surface area (Å²) in [6, 6.07) is 3.98. The average Bonchev–Trinajstić information content (AvgIpc) is 2.94. The van der Waals surface area contributed by atoms with E-state index in [4.69, 9.17) is 16.4 Å². The predicted molar refractivity (Wildman–Crippen MR) is 86.1 cm³/mol. The van der Waals surface area contributed by atoms with Crippen molar-refractivity contribution < 1.29 is 27.6 Å². The molecule has 0 aromatic heterocycles. The minimum Gasteiger partial charge on any atom is -0.354 e. The minimum absolute atomic E-state index is 0.176. The molecule has 2 rings (SSSR count). The van der Waals surface area contributed by atoms with Crippen molar-refractivity contribution in [3.05, 3.63) is 46.6 Å². The van der Waals surface area contributed by atoms with Gasteiger partial charge >= 0.3 is 6.18 Å². The number of carbonyl (C=O) groups excluding carboxylic acids is 2. The largest absolute Gasteiger partial charge is 0.416 e. The van der Waals surface area contributed by atoms with Crippen molar-refractivity contribution in [3.63, 3.8) is 0 Å². The van der Waals surface area contributed by atoms with Crippen LogP contribution in [0.5, 0.6) is 0 Å². The summed E-state index contributed by atoms with van der Waals surface area (Å²) in [5, 5.41) is 6.07. The monoisotopic (exact) mass is 395 g/mol. The van der Waals surface area contributed by atoms with E-state index in [2.05, 4.69) is 10.6 Å². The number of hydrogen-bond acceptors (Lipinski definition) is 5. The van der Waals surface area contributed by atoms with Gasteiger partial charge in [-0.2, -0.15) is 13.2 Å². The number of carbonyl (C=O) groups is 2. The van der Waals surface area contributed by atoms with Gasteiger partial charge < -0.3 is 10.6 Å². The van der Waals surface area contributed by atoms with E-state index in [1.165, 1.54) is 26.4 Å². The fourth-order valence-electron chi connectivity index (χ4n) is 1.84. The van der Waals surface area contributed by atoms with E-state index in [1.54, 1.807) is 0 Å². The van der Waals surface area contributed by atoms with Gasteiger partial charge in [0.2, 0.25) is 4.33 Å². The summed E-state index contributed by atoms with van der Waals surface area (Å²) in [5.41, 5.74) is -1.11. The molecule has 2 N–H and O–H groups in total. The number of hydrogen-bond donors (Lipinski definition) is 2. The molecule has 0 fully saturated rings. The maximum atomic E-state index is 12.7. The highest BCUT2D eigenvalue weighted by Crippen LogP contribution is 2.38. The second-order valence-corrected chi connectivity index (χ2v) is 6.92. The van der Waals surface area contributed by atoms with Gasteiger partial charge in [-0.15, -0.1) is 0 Å². The van der Waals surface area contributed by atoms with Crippen molar-refractivity contribution >= 4 is 35.2 Å². The summed E-state index contributed by atoms with van der Waals surface area (Å²) in [5.74, 6) is -1.39. The number of rotatable bonds is 4. The van der Waals surface area contributed by atoms with Crippen molar-refractivity contribution in [1.29, 1.82) is 0 Å². The summed E-state index contributed by atoms with van der Waals surface area (Å²) in [4.78, 5) is 28.9. The Bertz CT molecular complexity index is 729. The first kappa shape index (κ1) is 19.4. The van der Waals surface area contributed by atoms with Crippen LogP contribution in [0.15, 0.2) is 35.5 Å². The topological polar surface area (TPSA) is 70.7 Å². The maximum absolute atomic E-state index is 12.7. The summed E-state index contributed by atoms with van der Waals surface area (Å²) >= 11 is 6.92. The molecule has 1 unspecified atom stereocenters. The second-order valence-electron chi connectivity index (χ2n) is 4.87. The number of nitrogens with one attached hydrogen (secondary N) is 2. The van der Waals surface area contributed by atoms with Gasteiger partial charge in [0.1, 0.15) is 0 Å². The lowest BCUT2D eigenvalue weighted by molar-refractivity contribution is -0.169. The third-order valence-corrected chi connectivity index (χ3v) is 4.68. The third kappa shape index (κ3) is 4.39. The molecule has 1 aromatic carbocycles. The number of benzene rings is 1. The van der Waals surface area contributed by atoms with Gasteiger partial charge in [-0.1, -0.05) is 29.4 Å². The highest BCUT2D eigenvalue weighted by molar-refractivity contribution is 8.06. The van der Waals surface area contributed by atoms with Gasteiger partial charge in [0.05, 0.1) is 17.7 Å². The number of thioether (sulfide) groups is 1. The lowest BCUT2D eigenvalue weighted by Crippen LogP contribution is -2.46. The first-order chi connectivity index (χ1) is 11.6. The van der Waals surface area contributed by atoms with Crippen molar-refractivity contribution in [2.45, 2.75) is 10.5 Å². The summed E-state index contributed by atoms with van der Waals surface area (Å²) in [6.45, 7) is 0.